The van der Waals surface area contributed by atoms with Crippen molar-refractivity contribution in [3.8, 4) is 5.75 Å². The van der Waals surface area contributed by atoms with Crippen LogP contribution in [0.15, 0.2) is 42.5 Å². The summed E-state index contributed by atoms with van der Waals surface area (Å²) in [4.78, 5) is 17.1. The highest BCUT2D eigenvalue weighted by molar-refractivity contribution is 5.81. The number of aliphatic hydroxyl groups excluding tert-OH is 1. The maximum Gasteiger partial charge on any atom is 0.239 e. The van der Waals surface area contributed by atoms with Crippen molar-refractivity contribution < 1.29 is 33.6 Å². The standard InChI is InChI=1S/C34H51N3O7/c1-24(20-41-4)21-42-22-26-6-9-28(10-7-26)33-29(19-38)17-37(34(39)25(2)35)18-32(33)44-23-27-8-11-31-30(16-27)36(13-15-43-31)12-5-14-40-3/h6-11,16,24-25,29,32-33,38H,5,12-15,17-23,35H2,1-4H3/t24-,25-,29-,32-,33-/m0/s1. The lowest BCUT2D eigenvalue weighted by molar-refractivity contribution is -0.140. The average Bonchev–Trinajstić information content (AvgIpc) is 3.03. The fourth-order valence-electron chi connectivity index (χ4n) is 6.18. The van der Waals surface area contributed by atoms with E-state index >= 15 is 0 Å². The van der Waals surface area contributed by atoms with Crippen LogP contribution in [-0.2, 0) is 37.0 Å². The Bertz CT molecular complexity index is 1160. The zero-order chi connectivity index (χ0) is 31.5. The molecule has 2 heterocycles. The van der Waals surface area contributed by atoms with Crippen molar-refractivity contribution in [1.82, 2.24) is 4.90 Å². The molecular weight excluding hydrogens is 562 g/mol. The minimum absolute atomic E-state index is 0.0673. The van der Waals surface area contributed by atoms with E-state index in [0.29, 0.717) is 58.6 Å². The fourth-order valence-corrected chi connectivity index (χ4v) is 6.18. The molecule has 3 N–H and O–H groups in total. The number of carbonyl (C=O) groups excluding carboxylic acids is 1. The maximum atomic E-state index is 13.0. The molecule has 244 valence electrons. The molecule has 0 unspecified atom stereocenters. The summed E-state index contributed by atoms with van der Waals surface area (Å²) in [6, 6.07) is 13.9. The van der Waals surface area contributed by atoms with Crippen LogP contribution in [0, 0.1) is 11.8 Å². The molecule has 1 fully saturated rings. The highest BCUT2D eigenvalue weighted by Gasteiger charge is 2.40. The number of carbonyl (C=O) groups is 1. The number of benzene rings is 2. The number of nitrogens with two attached hydrogens (primary N) is 1. The molecule has 1 amide bonds. The summed E-state index contributed by atoms with van der Waals surface area (Å²) in [5.74, 6) is 0.776. The lowest BCUT2D eigenvalue weighted by Gasteiger charge is -2.44. The summed E-state index contributed by atoms with van der Waals surface area (Å²) < 4.78 is 28.9. The zero-order valence-electron chi connectivity index (χ0n) is 26.8. The van der Waals surface area contributed by atoms with Gasteiger partial charge in [-0.15, -0.1) is 0 Å². The van der Waals surface area contributed by atoms with Crippen LogP contribution in [0.3, 0.4) is 0 Å². The van der Waals surface area contributed by atoms with Crippen LogP contribution < -0.4 is 15.4 Å². The van der Waals surface area contributed by atoms with E-state index in [1.807, 2.05) is 12.1 Å². The number of fused-ring (bicyclic) bond motifs is 1. The smallest absolute Gasteiger partial charge is 0.239 e. The van der Waals surface area contributed by atoms with Crippen molar-refractivity contribution in [1.29, 1.82) is 0 Å². The molecule has 10 nitrogen and oxygen atoms in total. The van der Waals surface area contributed by atoms with Gasteiger partial charge < -0.3 is 44.3 Å². The Kier molecular flexibility index (Phi) is 13.3. The molecule has 2 aromatic rings. The molecule has 0 saturated carbocycles. The summed E-state index contributed by atoms with van der Waals surface area (Å²) >= 11 is 0. The molecule has 44 heavy (non-hydrogen) atoms. The van der Waals surface area contributed by atoms with Crippen LogP contribution in [0.5, 0.6) is 5.75 Å². The van der Waals surface area contributed by atoms with Gasteiger partial charge in [0.15, 0.2) is 0 Å². The molecule has 0 radical (unpaired) electrons. The van der Waals surface area contributed by atoms with E-state index in [4.69, 9.17) is 29.4 Å². The van der Waals surface area contributed by atoms with E-state index in [2.05, 4.69) is 42.2 Å². The maximum absolute atomic E-state index is 13.0. The van der Waals surface area contributed by atoms with E-state index in [-0.39, 0.29) is 30.5 Å². The van der Waals surface area contributed by atoms with E-state index in [0.717, 1.165) is 47.6 Å². The summed E-state index contributed by atoms with van der Waals surface area (Å²) in [6.45, 7) is 9.82. The number of methoxy groups -OCH3 is 2. The van der Waals surface area contributed by atoms with Crippen LogP contribution in [0.25, 0.3) is 0 Å². The summed E-state index contributed by atoms with van der Waals surface area (Å²) in [5, 5.41) is 10.5. The molecule has 2 aromatic carbocycles. The first-order valence-electron chi connectivity index (χ1n) is 15.8. The van der Waals surface area contributed by atoms with E-state index in [9.17, 15) is 9.90 Å². The van der Waals surface area contributed by atoms with Crippen molar-refractivity contribution in [3.63, 3.8) is 0 Å². The highest BCUT2D eigenvalue weighted by atomic mass is 16.5. The lowest BCUT2D eigenvalue weighted by Crippen LogP contribution is -2.55. The Morgan fingerprint density at radius 2 is 1.82 bits per heavy atom. The van der Waals surface area contributed by atoms with Crippen molar-refractivity contribution >= 4 is 11.6 Å². The number of amides is 1. The molecule has 0 spiro atoms. The molecule has 2 aliphatic rings. The minimum Gasteiger partial charge on any atom is -0.490 e. The van der Waals surface area contributed by atoms with Crippen molar-refractivity contribution in [2.24, 2.45) is 17.6 Å². The highest BCUT2D eigenvalue weighted by Crippen LogP contribution is 2.37. The third kappa shape index (κ3) is 9.15. The Morgan fingerprint density at radius 3 is 2.52 bits per heavy atom. The number of hydrogen-bond donors (Lipinski definition) is 2. The predicted octanol–water partition coefficient (Wildman–Crippen LogP) is 3.19. The monoisotopic (exact) mass is 613 g/mol. The van der Waals surface area contributed by atoms with Crippen molar-refractivity contribution in [3.05, 3.63) is 59.2 Å². The average molecular weight is 614 g/mol. The summed E-state index contributed by atoms with van der Waals surface area (Å²) in [7, 11) is 3.42. The molecule has 4 rings (SSSR count). The quantitative estimate of drug-likeness (QED) is 0.276. The second kappa shape index (κ2) is 17.1. The number of anilines is 1. The van der Waals surface area contributed by atoms with Crippen molar-refractivity contribution in [2.45, 2.75) is 51.5 Å². The van der Waals surface area contributed by atoms with Crippen LogP contribution in [0.4, 0.5) is 5.69 Å². The van der Waals surface area contributed by atoms with Gasteiger partial charge >= 0.3 is 0 Å². The van der Waals surface area contributed by atoms with Gasteiger partial charge in [-0.2, -0.15) is 0 Å². The van der Waals surface area contributed by atoms with Gasteiger partial charge in [0.25, 0.3) is 0 Å². The molecule has 5 atom stereocenters. The van der Waals surface area contributed by atoms with Gasteiger partial charge in [-0.1, -0.05) is 37.3 Å². The Labute approximate surface area is 262 Å². The van der Waals surface area contributed by atoms with Gasteiger partial charge in [0.1, 0.15) is 12.4 Å². The normalized spacial score (nSPS) is 21.5. The number of piperidine rings is 1. The van der Waals surface area contributed by atoms with Gasteiger partial charge in [0, 0.05) is 64.8 Å². The first-order valence-corrected chi connectivity index (χ1v) is 15.8. The summed E-state index contributed by atoms with van der Waals surface area (Å²) in [6.07, 6.45) is 0.607. The summed E-state index contributed by atoms with van der Waals surface area (Å²) in [5.41, 5.74) is 10.2. The third-order valence-electron chi connectivity index (χ3n) is 8.41. The van der Waals surface area contributed by atoms with Gasteiger partial charge in [0.2, 0.25) is 5.91 Å². The first-order chi connectivity index (χ1) is 21.3. The molecule has 1 saturated heterocycles. The van der Waals surface area contributed by atoms with E-state index in [1.165, 1.54) is 0 Å². The molecular formula is C34H51N3O7. The van der Waals surface area contributed by atoms with Crippen LogP contribution in [-0.4, -0.2) is 101 Å². The number of likely N-dealkylation sites (tertiary alicyclic amines) is 1. The minimum atomic E-state index is -0.623. The van der Waals surface area contributed by atoms with Gasteiger partial charge in [-0.05, 0) is 42.2 Å². The van der Waals surface area contributed by atoms with Gasteiger partial charge in [-0.25, -0.2) is 0 Å². The SMILES string of the molecule is COCCCN1CCOc2ccc(CO[C@H]3CN(C(=O)[C@H](C)N)C[C@@H](CO)[C@@H]3c3ccc(COC[C@@H](C)COC)cc3)cc21. The Balaban J connectivity index is 1.50. The van der Waals surface area contributed by atoms with Crippen molar-refractivity contribution in [2.75, 3.05) is 78.3 Å². The van der Waals surface area contributed by atoms with Gasteiger partial charge in [0.05, 0.1) is 50.8 Å². The first kappa shape index (κ1) is 34.1. The molecule has 10 heteroatoms. The molecule has 0 aromatic heterocycles. The third-order valence-corrected chi connectivity index (χ3v) is 8.41. The molecule has 0 aliphatic carbocycles. The predicted molar refractivity (Wildman–Crippen MR) is 170 cm³/mol. The lowest BCUT2D eigenvalue weighted by atomic mass is 9.78. The number of hydrogen-bond acceptors (Lipinski definition) is 9. The van der Waals surface area contributed by atoms with Crippen LogP contribution in [0.2, 0.25) is 0 Å². The number of aliphatic hydroxyl groups is 1. The fraction of sp³-hybridized carbons (Fsp3) is 0.618. The van der Waals surface area contributed by atoms with E-state index in [1.54, 1.807) is 26.0 Å². The van der Waals surface area contributed by atoms with Gasteiger partial charge in [-0.3, -0.25) is 4.79 Å². The molecule has 0 bridgehead atoms. The number of nitrogens with zero attached hydrogens (tertiary/aromatic N) is 2. The van der Waals surface area contributed by atoms with E-state index < -0.39 is 6.04 Å². The largest absolute Gasteiger partial charge is 0.490 e. The second-order valence-electron chi connectivity index (χ2n) is 12.2. The molecule has 2 aliphatic heterocycles. The second-order valence-corrected chi connectivity index (χ2v) is 12.2. The zero-order valence-corrected chi connectivity index (χ0v) is 26.8. The van der Waals surface area contributed by atoms with Crippen LogP contribution in [0.1, 0.15) is 42.9 Å². The topological polar surface area (TPSA) is 116 Å². The van der Waals surface area contributed by atoms with Crippen LogP contribution >= 0.6 is 0 Å². The number of rotatable bonds is 16. The Morgan fingerprint density at radius 1 is 1.05 bits per heavy atom. The number of ether oxygens (including phenoxy) is 5. The Hall–Kier alpha value is -2.73.